The van der Waals surface area contributed by atoms with Crippen LogP contribution < -0.4 is 15.8 Å². The van der Waals surface area contributed by atoms with Crippen molar-refractivity contribution in [1.29, 1.82) is 0 Å². The third-order valence-corrected chi connectivity index (χ3v) is 3.34. The van der Waals surface area contributed by atoms with Crippen molar-refractivity contribution < 1.29 is 13.2 Å². The van der Waals surface area contributed by atoms with E-state index in [4.69, 9.17) is 10.5 Å². The molecular formula is C9H22N4O3S. The standard InChI is InChI=1S/C9H22N4O3S/c1-3-17(14,15)13-6-4-5-11-9(10)12-7-8-16-2/h13H,3-8H2,1-2H3,(H3,10,11,12). The Morgan fingerprint density at radius 3 is 2.71 bits per heavy atom. The SMILES string of the molecule is CCS(=O)(=O)NCCCN=C(N)NCCOC. The lowest BCUT2D eigenvalue weighted by atomic mass is 10.4. The molecule has 17 heavy (non-hydrogen) atoms. The molecule has 0 saturated heterocycles. The number of methoxy groups -OCH3 is 1. The number of guanidine groups is 1. The molecule has 102 valence electrons. The van der Waals surface area contributed by atoms with Gasteiger partial charge in [-0.05, 0) is 13.3 Å². The predicted octanol–water partition coefficient (Wildman–Crippen LogP) is -1.13. The van der Waals surface area contributed by atoms with Crippen molar-refractivity contribution in [1.82, 2.24) is 10.0 Å². The molecule has 0 aliphatic rings. The normalized spacial score (nSPS) is 12.7. The molecule has 0 aromatic carbocycles. The molecule has 0 unspecified atom stereocenters. The number of sulfonamides is 1. The van der Waals surface area contributed by atoms with Gasteiger partial charge in [-0.1, -0.05) is 0 Å². The van der Waals surface area contributed by atoms with E-state index >= 15 is 0 Å². The maximum atomic E-state index is 11.1. The van der Waals surface area contributed by atoms with Crippen LogP contribution in [0, 0.1) is 0 Å². The molecule has 0 aromatic heterocycles. The summed E-state index contributed by atoms with van der Waals surface area (Å²) in [5.41, 5.74) is 5.55. The second-order valence-electron chi connectivity index (χ2n) is 3.34. The van der Waals surface area contributed by atoms with E-state index < -0.39 is 10.0 Å². The average molecular weight is 266 g/mol. The Hall–Kier alpha value is -0.860. The Morgan fingerprint density at radius 2 is 2.12 bits per heavy atom. The molecular weight excluding hydrogens is 244 g/mol. The molecule has 0 aromatic rings. The number of hydrogen-bond donors (Lipinski definition) is 3. The van der Waals surface area contributed by atoms with E-state index in [0.29, 0.717) is 38.6 Å². The Labute approximate surface area is 103 Å². The summed E-state index contributed by atoms with van der Waals surface area (Å²) in [6.07, 6.45) is 0.617. The van der Waals surface area contributed by atoms with Crippen molar-refractivity contribution >= 4 is 16.0 Å². The molecule has 0 atom stereocenters. The topological polar surface area (TPSA) is 106 Å². The van der Waals surface area contributed by atoms with Crippen molar-refractivity contribution in [2.75, 3.05) is 39.1 Å². The van der Waals surface area contributed by atoms with Gasteiger partial charge in [0, 0.05) is 26.7 Å². The number of aliphatic imine (C=N–C) groups is 1. The van der Waals surface area contributed by atoms with Crippen LogP contribution in [-0.4, -0.2) is 53.5 Å². The first-order valence-electron chi connectivity index (χ1n) is 5.52. The fourth-order valence-corrected chi connectivity index (χ4v) is 1.60. The molecule has 7 nitrogen and oxygen atoms in total. The van der Waals surface area contributed by atoms with Crippen molar-refractivity contribution in [2.45, 2.75) is 13.3 Å². The first kappa shape index (κ1) is 16.1. The van der Waals surface area contributed by atoms with Crippen LogP contribution in [0.5, 0.6) is 0 Å². The zero-order valence-electron chi connectivity index (χ0n) is 10.4. The van der Waals surface area contributed by atoms with Crippen molar-refractivity contribution in [3.05, 3.63) is 0 Å². The second kappa shape index (κ2) is 9.20. The van der Waals surface area contributed by atoms with Gasteiger partial charge < -0.3 is 15.8 Å². The van der Waals surface area contributed by atoms with E-state index in [1.54, 1.807) is 14.0 Å². The van der Waals surface area contributed by atoms with Gasteiger partial charge in [-0.15, -0.1) is 0 Å². The van der Waals surface area contributed by atoms with Gasteiger partial charge in [-0.3, -0.25) is 4.99 Å². The van der Waals surface area contributed by atoms with E-state index in [0.717, 1.165) is 0 Å². The lowest BCUT2D eigenvalue weighted by Crippen LogP contribution is -2.34. The van der Waals surface area contributed by atoms with E-state index in [1.807, 2.05) is 0 Å². The van der Waals surface area contributed by atoms with Gasteiger partial charge in [0.25, 0.3) is 0 Å². The zero-order chi connectivity index (χ0) is 13.1. The number of rotatable bonds is 9. The van der Waals surface area contributed by atoms with Gasteiger partial charge in [0.05, 0.1) is 12.4 Å². The number of nitrogens with one attached hydrogen (secondary N) is 2. The number of nitrogens with zero attached hydrogens (tertiary/aromatic N) is 1. The highest BCUT2D eigenvalue weighted by Gasteiger charge is 2.03. The lowest BCUT2D eigenvalue weighted by molar-refractivity contribution is 0.204. The largest absolute Gasteiger partial charge is 0.383 e. The molecule has 0 amide bonds. The molecule has 0 aliphatic carbocycles. The first-order valence-corrected chi connectivity index (χ1v) is 7.17. The summed E-state index contributed by atoms with van der Waals surface area (Å²) in [7, 11) is -1.49. The molecule has 4 N–H and O–H groups in total. The smallest absolute Gasteiger partial charge is 0.211 e. The van der Waals surface area contributed by atoms with Crippen molar-refractivity contribution in [3.8, 4) is 0 Å². The number of nitrogens with two attached hydrogens (primary N) is 1. The highest BCUT2D eigenvalue weighted by atomic mass is 32.2. The van der Waals surface area contributed by atoms with Crippen LogP contribution >= 0.6 is 0 Å². The van der Waals surface area contributed by atoms with Crippen LogP contribution in [0.1, 0.15) is 13.3 Å². The van der Waals surface area contributed by atoms with E-state index in [1.165, 1.54) is 0 Å². The van der Waals surface area contributed by atoms with Crippen LogP contribution in [-0.2, 0) is 14.8 Å². The molecule has 0 aliphatic heterocycles. The molecule has 0 fully saturated rings. The first-order chi connectivity index (χ1) is 8.02. The molecule has 0 spiro atoms. The monoisotopic (exact) mass is 266 g/mol. The number of hydrogen-bond acceptors (Lipinski definition) is 4. The molecule has 8 heteroatoms. The van der Waals surface area contributed by atoms with Crippen LogP contribution in [0.4, 0.5) is 0 Å². The van der Waals surface area contributed by atoms with Crippen molar-refractivity contribution in [3.63, 3.8) is 0 Å². The van der Waals surface area contributed by atoms with Gasteiger partial charge >= 0.3 is 0 Å². The van der Waals surface area contributed by atoms with E-state index in [-0.39, 0.29) is 5.75 Å². The van der Waals surface area contributed by atoms with Crippen molar-refractivity contribution in [2.24, 2.45) is 10.7 Å². The molecule has 0 heterocycles. The maximum Gasteiger partial charge on any atom is 0.211 e. The third kappa shape index (κ3) is 10.0. The molecule has 0 rings (SSSR count). The van der Waals surface area contributed by atoms with Gasteiger partial charge in [0.1, 0.15) is 0 Å². The second-order valence-corrected chi connectivity index (χ2v) is 5.43. The van der Waals surface area contributed by atoms with Gasteiger partial charge in [-0.25, -0.2) is 13.1 Å². The summed E-state index contributed by atoms with van der Waals surface area (Å²) >= 11 is 0. The summed E-state index contributed by atoms with van der Waals surface area (Å²) in [6.45, 7) is 3.63. The maximum absolute atomic E-state index is 11.1. The summed E-state index contributed by atoms with van der Waals surface area (Å²) in [4.78, 5) is 4.03. The minimum atomic E-state index is -3.10. The van der Waals surface area contributed by atoms with E-state index in [2.05, 4.69) is 15.0 Å². The van der Waals surface area contributed by atoms with Crippen LogP contribution in [0.25, 0.3) is 0 Å². The van der Waals surface area contributed by atoms with Crippen LogP contribution in [0.2, 0.25) is 0 Å². The Kier molecular flexibility index (Phi) is 8.73. The Balaban J connectivity index is 3.59. The third-order valence-electron chi connectivity index (χ3n) is 1.93. The molecule has 0 radical (unpaired) electrons. The Morgan fingerprint density at radius 1 is 1.41 bits per heavy atom. The number of ether oxygens (including phenoxy) is 1. The quantitative estimate of drug-likeness (QED) is 0.278. The summed E-state index contributed by atoms with van der Waals surface area (Å²) < 4.78 is 29.4. The molecule has 0 bridgehead atoms. The van der Waals surface area contributed by atoms with E-state index in [9.17, 15) is 8.42 Å². The summed E-state index contributed by atoms with van der Waals surface area (Å²) in [5, 5.41) is 2.87. The minimum Gasteiger partial charge on any atom is -0.383 e. The highest BCUT2D eigenvalue weighted by Crippen LogP contribution is 1.85. The summed E-state index contributed by atoms with van der Waals surface area (Å²) in [6, 6.07) is 0. The average Bonchev–Trinajstić information content (AvgIpc) is 2.29. The lowest BCUT2D eigenvalue weighted by Gasteiger charge is -2.05. The summed E-state index contributed by atoms with van der Waals surface area (Å²) in [5.74, 6) is 0.442. The fraction of sp³-hybridized carbons (Fsp3) is 0.889. The molecule has 0 saturated carbocycles. The zero-order valence-corrected chi connectivity index (χ0v) is 11.2. The minimum absolute atomic E-state index is 0.0942. The van der Waals surface area contributed by atoms with Gasteiger partial charge in [-0.2, -0.15) is 0 Å². The fourth-order valence-electron chi connectivity index (χ4n) is 0.945. The van der Waals surface area contributed by atoms with Crippen LogP contribution in [0.3, 0.4) is 0 Å². The van der Waals surface area contributed by atoms with Crippen LogP contribution in [0.15, 0.2) is 4.99 Å². The predicted molar refractivity (Wildman–Crippen MR) is 68.4 cm³/mol. The highest BCUT2D eigenvalue weighted by molar-refractivity contribution is 7.89. The van der Waals surface area contributed by atoms with Gasteiger partial charge in [0.2, 0.25) is 10.0 Å². The Bertz CT molecular complexity index is 316. The van der Waals surface area contributed by atoms with Gasteiger partial charge in [0.15, 0.2) is 5.96 Å².